The number of carboxylic acid groups (broad SMARTS) is 2. The second-order valence-electron chi connectivity index (χ2n) is 11.4. The molecular weight excluding hydrogens is 594 g/mol. The van der Waals surface area contributed by atoms with Crippen LogP contribution in [0, 0.1) is 0 Å². The van der Waals surface area contributed by atoms with Gasteiger partial charge in [-0.2, -0.15) is 0 Å². The topological polar surface area (TPSA) is 152 Å². The minimum absolute atomic E-state index is 0.0525. The summed E-state index contributed by atoms with van der Waals surface area (Å²) in [6.45, 7) is 2.86. The van der Waals surface area contributed by atoms with Crippen LogP contribution in [0.3, 0.4) is 0 Å². The first-order valence-electron chi connectivity index (χ1n) is 16.7. The number of hydrogen-bond acceptors (Lipinski definition) is 6. The molecule has 5 N–H and O–H groups in total. The number of carboxylic acids is 2. The minimum Gasteiger partial charge on any atom is -0.493 e. The van der Waals surface area contributed by atoms with E-state index in [0.717, 1.165) is 29.8 Å². The highest BCUT2D eigenvalue weighted by atomic mass is 16.5. The van der Waals surface area contributed by atoms with Gasteiger partial charge in [-0.25, -0.2) is 0 Å². The van der Waals surface area contributed by atoms with Crippen LogP contribution in [-0.4, -0.2) is 39.6 Å². The minimum atomic E-state index is -0.896. The number of pyridine rings is 1. The van der Waals surface area contributed by atoms with E-state index >= 15 is 0 Å². The number of primary amides is 1. The average Bonchev–Trinajstić information content (AvgIpc) is 3.04. The van der Waals surface area contributed by atoms with Gasteiger partial charge in [0.15, 0.2) is 0 Å². The van der Waals surface area contributed by atoms with Crippen LogP contribution in [0.4, 0.5) is 11.4 Å². The zero-order valence-corrected chi connectivity index (χ0v) is 27.7. The molecule has 1 amide bonds. The molecule has 0 bridgehead atoms. The molecule has 0 saturated heterocycles. The van der Waals surface area contributed by atoms with Crippen LogP contribution in [0.25, 0.3) is 6.08 Å². The fourth-order valence-electron chi connectivity index (χ4n) is 4.95. The molecule has 1 heterocycles. The van der Waals surface area contributed by atoms with Gasteiger partial charge in [0.05, 0.1) is 19.4 Å². The lowest BCUT2D eigenvalue weighted by Crippen LogP contribution is -2.12. The van der Waals surface area contributed by atoms with Crippen LogP contribution >= 0.6 is 0 Å². The number of carbonyl (C=O) groups is 3. The Labute approximate surface area is 279 Å². The first-order chi connectivity index (χ1) is 22.8. The number of anilines is 2. The van der Waals surface area contributed by atoms with Gasteiger partial charge < -0.3 is 26.0 Å². The average molecular weight is 646 g/mol. The third kappa shape index (κ3) is 17.6. The Morgan fingerprint density at radius 3 is 2.04 bits per heavy atom. The maximum absolute atomic E-state index is 11.1. The summed E-state index contributed by atoms with van der Waals surface area (Å²) >= 11 is 0. The van der Waals surface area contributed by atoms with E-state index < -0.39 is 17.8 Å². The maximum atomic E-state index is 11.1. The van der Waals surface area contributed by atoms with Crippen molar-refractivity contribution in [3.05, 3.63) is 89.8 Å². The maximum Gasteiger partial charge on any atom is 0.307 e. The Bertz CT molecular complexity index is 1380. The third-order valence-corrected chi connectivity index (χ3v) is 7.38. The molecule has 0 fully saturated rings. The van der Waals surface area contributed by atoms with Crippen LogP contribution in [0.15, 0.2) is 72.9 Å². The second kappa shape index (κ2) is 23.6. The Balaban J connectivity index is 0.000000731. The van der Waals surface area contributed by atoms with Crippen LogP contribution in [-0.2, 0) is 16.0 Å². The van der Waals surface area contributed by atoms with E-state index in [1.165, 1.54) is 70.4 Å². The van der Waals surface area contributed by atoms with Gasteiger partial charge in [-0.05, 0) is 48.4 Å². The highest BCUT2D eigenvalue weighted by Crippen LogP contribution is 2.31. The third-order valence-electron chi connectivity index (χ3n) is 7.38. The number of carbonyl (C=O) groups excluding carboxylic acids is 1. The number of benzene rings is 2. The number of amides is 1. The summed E-state index contributed by atoms with van der Waals surface area (Å²) in [7, 11) is 0. The standard InChI is InChI=1S/C32H45NO5.C6H6N2O/c1-2-3-4-5-6-7-8-9-10-11-12-13-23-38-30-21-16-20-29(28(30)19-15-22-31(34)35)33-27-18-14-17-26(24-27)25-32(36)37;7-6(9)5-3-1-2-4-8-5/h14-21,24,33H,2-13,22-23,25H2,1H3,(H,34,35)(H,36,37);1-4H,(H2,7,9)/b19-15+;. The van der Waals surface area contributed by atoms with Gasteiger partial charge in [0, 0.05) is 23.1 Å². The van der Waals surface area contributed by atoms with Gasteiger partial charge in [-0.1, -0.05) is 114 Å². The van der Waals surface area contributed by atoms with Crippen LogP contribution < -0.4 is 15.8 Å². The van der Waals surface area contributed by atoms with E-state index in [0.29, 0.717) is 23.6 Å². The van der Waals surface area contributed by atoms with Crippen molar-refractivity contribution in [2.75, 3.05) is 11.9 Å². The van der Waals surface area contributed by atoms with Crippen molar-refractivity contribution in [3.8, 4) is 5.75 Å². The number of ether oxygens (including phenoxy) is 1. The molecule has 0 aliphatic carbocycles. The molecule has 0 aliphatic heterocycles. The van der Waals surface area contributed by atoms with E-state index in [1.54, 1.807) is 42.5 Å². The molecule has 0 unspecified atom stereocenters. The van der Waals surface area contributed by atoms with Gasteiger partial charge in [-0.15, -0.1) is 0 Å². The number of nitrogens with zero attached hydrogens (tertiary/aromatic N) is 1. The van der Waals surface area contributed by atoms with Crippen molar-refractivity contribution in [2.45, 2.75) is 96.8 Å². The first kappa shape index (κ1) is 38.5. The van der Waals surface area contributed by atoms with Crippen molar-refractivity contribution in [2.24, 2.45) is 5.73 Å². The predicted molar refractivity (Wildman–Crippen MR) is 188 cm³/mol. The fourth-order valence-corrected chi connectivity index (χ4v) is 4.95. The number of nitrogens with two attached hydrogens (primary N) is 1. The molecule has 9 nitrogen and oxygen atoms in total. The SMILES string of the molecule is CCCCCCCCCCCCCCOc1cccc(Nc2cccc(CC(=O)O)c2)c1/C=C/CC(=O)O.NC(=O)c1ccccn1. The molecule has 3 rings (SSSR count). The first-order valence-corrected chi connectivity index (χ1v) is 16.7. The zero-order chi connectivity index (χ0) is 34.1. The summed E-state index contributed by atoms with van der Waals surface area (Å²) in [4.78, 5) is 36.2. The lowest BCUT2D eigenvalue weighted by atomic mass is 10.1. The summed E-state index contributed by atoms with van der Waals surface area (Å²) in [5, 5.41) is 21.5. The van der Waals surface area contributed by atoms with Crippen molar-refractivity contribution in [1.82, 2.24) is 4.98 Å². The van der Waals surface area contributed by atoms with E-state index in [2.05, 4.69) is 17.2 Å². The second-order valence-corrected chi connectivity index (χ2v) is 11.4. The van der Waals surface area contributed by atoms with Crippen molar-refractivity contribution < 1.29 is 29.3 Å². The highest BCUT2D eigenvalue weighted by Gasteiger charge is 2.09. The zero-order valence-electron chi connectivity index (χ0n) is 27.7. The molecule has 0 atom stereocenters. The molecule has 0 saturated carbocycles. The number of aromatic nitrogens is 1. The van der Waals surface area contributed by atoms with E-state index in [9.17, 15) is 14.4 Å². The largest absolute Gasteiger partial charge is 0.493 e. The molecule has 0 spiro atoms. The van der Waals surface area contributed by atoms with Crippen molar-refractivity contribution >= 4 is 35.3 Å². The van der Waals surface area contributed by atoms with Crippen LogP contribution in [0.1, 0.15) is 112 Å². The van der Waals surface area contributed by atoms with E-state index in [4.69, 9.17) is 20.7 Å². The van der Waals surface area contributed by atoms with Crippen molar-refractivity contribution in [1.29, 1.82) is 0 Å². The Morgan fingerprint density at radius 2 is 1.47 bits per heavy atom. The lowest BCUT2D eigenvalue weighted by Gasteiger charge is -2.15. The lowest BCUT2D eigenvalue weighted by molar-refractivity contribution is -0.137. The fraction of sp³-hybridized carbons (Fsp3) is 0.421. The Hall–Kier alpha value is -4.66. The smallest absolute Gasteiger partial charge is 0.307 e. The summed E-state index contributed by atoms with van der Waals surface area (Å²) in [6, 6.07) is 18.0. The molecule has 9 heteroatoms. The molecule has 0 radical (unpaired) electrons. The van der Waals surface area contributed by atoms with Gasteiger partial charge in [0.2, 0.25) is 0 Å². The molecule has 2 aromatic carbocycles. The summed E-state index contributed by atoms with van der Waals surface area (Å²) in [5.41, 5.74) is 8.22. The molecule has 47 heavy (non-hydrogen) atoms. The van der Waals surface area contributed by atoms with E-state index in [1.807, 2.05) is 30.3 Å². The normalized spacial score (nSPS) is 10.7. The van der Waals surface area contributed by atoms with Gasteiger partial charge in [-0.3, -0.25) is 19.4 Å². The monoisotopic (exact) mass is 645 g/mol. The summed E-state index contributed by atoms with van der Waals surface area (Å²) in [6.07, 6.45) is 20.2. The quantitative estimate of drug-likeness (QED) is 0.0791. The molecular formula is C38H51N3O6. The molecule has 254 valence electrons. The van der Waals surface area contributed by atoms with Crippen molar-refractivity contribution in [3.63, 3.8) is 0 Å². The van der Waals surface area contributed by atoms with Gasteiger partial charge in [0.25, 0.3) is 5.91 Å². The number of hydrogen-bond donors (Lipinski definition) is 4. The Morgan fingerprint density at radius 1 is 0.809 bits per heavy atom. The molecule has 3 aromatic rings. The van der Waals surface area contributed by atoms with Gasteiger partial charge in [0.1, 0.15) is 11.4 Å². The van der Waals surface area contributed by atoms with Crippen LogP contribution in [0.5, 0.6) is 5.75 Å². The van der Waals surface area contributed by atoms with E-state index in [-0.39, 0.29) is 12.8 Å². The number of rotatable bonds is 22. The molecule has 0 aliphatic rings. The predicted octanol–water partition coefficient (Wildman–Crippen LogP) is 8.81. The van der Waals surface area contributed by atoms with Crippen LogP contribution in [0.2, 0.25) is 0 Å². The number of aliphatic carboxylic acids is 2. The molecule has 1 aromatic heterocycles. The number of nitrogens with one attached hydrogen (secondary N) is 1. The Kier molecular flexibility index (Phi) is 19.4. The highest BCUT2D eigenvalue weighted by molar-refractivity contribution is 5.90. The summed E-state index contributed by atoms with van der Waals surface area (Å²) in [5.74, 6) is -1.57. The number of unbranched alkanes of at least 4 members (excludes halogenated alkanes) is 11. The summed E-state index contributed by atoms with van der Waals surface area (Å²) < 4.78 is 6.12. The van der Waals surface area contributed by atoms with Gasteiger partial charge >= 0.3 is 11.9 Å².